The van der Waals surface area contributed by atoms with Gasteiger partial charge in [0.1, 0.15) is 5.69 Å². The van der Waals surface area contributed by atoms with E-state index in [1.807, 2.05) is 0 Å². The lowest BCUT2D eigenvalue weighted by Crippen LogP contribution is -2.26. The van der Waals surface area contributed by atoms with Gasteiger partial charge in [-0.05, 0) is 25.0 Å². The van der Waals surface area contributed by atoms with Crippen molar-refractivity contribution in [2.75, 3.05) is 5.12 Å². The second-order valence-corrected chi connectivity index (χ2v) is 4.53. The van der Waals surface area contributed by atoms with E-state index in [-0.39, 0.29) is 11.4 Å². The molecule has 20 heavy (non-hydrogen) atoms. The summed E-state index contributed by atoms with van der Waals surface area (Å²) in [5.74, 6) is 0. The van der Waals surface area contributed by atoms with Crippen molar-refractivity contribution >= 4 is 17.1 Å². The van der Waals surface area contributed by atoms with Gasteiger partial charge in [0.2, 0.25) is 0 Å². The Morgan fingerprint density at radius 1 is 1.00 bits per heavy atom. The Morgan fingerprint density at radius 2 is 1.60 bits per heavy atom. The first-order valence-electron chi connectivity index (χ1n) is 6.33. The summed E-state index contributed by atoms with van der Waals surface area (Å²) in [6, 6.07) is 5.11. The van der Waals surface area contributed by atoms with Gasteiger partial charge in [-0.25, -0.2) is 0 Å². The van der Waals surface area contributed by atoms with Crippen molar-refractivity contribution in [2.24, 2.45) is 5.10 Å². The lowest BCUT2D eigenvalue weighted by molar-refractivity contribution is -0.495. The molecule has 106 valence electrons. The largest absolute Gasteiger partial charge is 0.339 e. The topological polar surface area (TPSA) is 102 Å². The van der Waals surface area contributed by atoms with E-state index in [0.717, 1.165) is 37.8 Å². The van der Waals surface area contributed by atoms with Gasteiger partial charge in [-0.1, -0.05) is 6.42 Å². The molecule has 0 aromatic heterocycles. The lowest BCUT2D eigenvalue weighted by Gasteiger charge is -2.12. The molecule has 0 amide bonds. The van der Waals surface area contributed by atoms with E-state index >= 15 is 0 Å². The molecular weight excluding hydrogens is 264 g/mol. The van der Waals surface area contributed by atoms with Gasteiger partial charge >= 0.3 is 0 Å². The zero-order valence-corrected chi connectivity index (χ0v) is 10.8. The van der Waals surface area contributed by atoms with Gasteiger partial charge in [0.15, 0.2) is 5.71 Å². The van der Waals surface area contributed by atoms with Gasteiger partial charge in [0.05, 0.1) is 9.96 Å². The summed E-state index contributed by atoms with van der Waals surface area (Å²) in [5.41, 5.74) is 0.896. The molecule has 1 aliphatic carbocycles. The van der Waals surface area contributed by atoms with Crippen molar-refractivity contribution < 1.29 is 9.96 Å². The molecule has 1 aromatic rings. The highest BCUT2D eigenvalue weighted by Crippen LogP contribution is 2.22. The van der Waals surface area contributed by atoms with Gasteiger partial charge in [0.25, 0.3) is 5.69 Å². The van der Waals surface area contributed by atoms with Crippen LogP contribution in [0.4, 0.5) is 11.4 Å². The van der Waals surface area contributed by atoms with Crippen LogP contribution in [0.1, 0.15) is 32.1 Å². The molecule has 0 aliphatic heterocycles. The van der Waals surface area contributed by atoms with Crippen LogP contribution in [0.2, 0.25) is 0 Å². The van der Waals surface area contributed by atoms with Crippen molar-refractivity contribution in [3.63, 3.8) is 0 Å². The maximum Gasteiger partial charge on any atom is 0.269 e. The van der Waals surface area contributed by atoms with Crippen molar-refractivity contribution in [1.29, 1.82) is 0 Å². The second-order valence-electron chi connectivity index (χ2n) is 4.53. The van der Waals surface area contributed by atoms with Crippen LogP contribution >= 0.6 is 0 Å². The number of benzene rings is 1. The van der Waals surface area contributed by atoms with Gasteiger partial charge in [-0.3, -0.25) is 10.1 Å². The first-order valence-corrected chi connectivity index (χ1v) is 6.33. The van der Waals surface area contributed by atoms with E-state index in [2.05, 4.69) is 5.10 Å². The number of nitro groups is 2. The van der Waals surface area contributed by atoms with Gasteiger partial charge < -0.3 is 10.1 Å². The number of nitrogens with zero attached hydrogens (tertiary/aromatic N) is 4. The van der Waals surface area contributed by atoms with Crippen LogP contribution < -0.4 is 5.12 Å². The smallest absolute Gasteiger partial charge is 0.269 e. The average Bonchev–Trinajstić information content (AvgIpc) is 2.45. The molecule has 0 saturated heterocycles. The number of hydrazine groups is 1. The molecule has 1 aliphatic rings. The minimum atomic E-state index is -0.622. The number of anilines is 1. The van der Waals surface area contributed by atoms with Crippen molar-refractivity contribution in [3.05, 3.63) is 44.5 Å². The number of rotatable bonds is 4. The fourth-order valence-electron chi connectivity index (χ4n) is 2.09. The molecule has 2 rings (SSSR count). The predicted octanol–water partition coefficient (Wildman–Crippen LogP) is 2.91. The minimum absolute atomic E-state index is 0.109. The number of hydrogen-bond donors (Lipinski definition) is 0. The summed E-state index contributed by atoms with van der Waals surface area (Å²) in [5, 5.41) is 25.8. The highest BCUT2D eigenvalue weighted by atomic mass is 16.7. The Balaban J connectivity index is 2.24. The number of hydrazone groups is 1. The zero-order valence-electron chi connectivity index (χ0n) is 10.8. The monoisotopic (exact) mass is 278 g/mol. The van der Waals surface area contributed by atoms with E-state index in [0.29, 0.717) is 5.12 Å². The molecule has 1 aromatic carbocycles. The van der Waals surface area contributed by atoms with Crippen LogP contribution in [0, 0.1) is 20.2 Å². The van der Waals surface area contributed by atoms with Crippen LogP contribution in [0.15, 0.2) is 29.4 Å². The third-order valence-corrected chi connectivity index (χ3v) is 3.11. The van der Waals surface area contributed by atoms with Crippen molar-refractivity contribution in [1.82, 2.24) is 0 Å². The van der Waals surface area contributed by atoms with E-state index in [9.17, 15) is 20.2 Å². The molecule has 0 unspecified atom stereocenters. The molecule has 8 heteroatoms. The van der Waals surface area contributed by atoms with Gasteiger partial charge in [0, 0.05) is 35.2 Å². The molecule has 1 saturated carbocycles. The fraction of sp³-hybridized carbons (Fsp3) is 0.417. The highest BCUT2D eigenvalue weighted by molar-refractivity contribution is 5.85. The molecule has 0 heterocycles. The maximum atomic E-state index is 11.1. The summed E-state index contributed by atoms with van der Waals surface area (Å²) in [4.78, 5) is 21.1. The third kappa shape index (κ3) is 3.28. The summed E-state index contributed by atoms with van der Waals surface area (Å²) >= 11 is 0. The Bertz CT molecular complexity index is 533. The van der Waals surface area contributed by atoms with E-state index in [1.165, 1.54) is 24.3 Å². The number of nitro benzene ring substituents is 1. The number of hydrogen-bond acceptors (Lipinski definition) is 5. The second kappa shape index (κ2) is 6.09. The van der Waals surface area contributed by atoms with Crippen LogP contribution in [-0.4, -0.2) is 15.7 Å². The summed E-state index contributed by atoms with van der Waals surface area (Å²) < 4.78 is 0. The van der Waals surface area contributed by atoms with Gasteiger partial charge in [-0.2, -0.15) is 0 Å². The first-order chi connectivity index (χ1) is 9.58. The first kappa shape index (κ1) is 13.9. The number of non-ortho nitro benzene ring substituents is 1. The highest BCUT2D eigenvalue weighted by Gasteiger charge is 2.21. The Kier molecular flexibility index (Phi) is 4.24. The van der Waals surface area contributed by atoms with E-state index < -0.39 is 9.96 Å². The van der Waals surface area contributed by atoms with E-state index in [1.54, 1.807) is 0 Å². The summed E-state index contributed by atoms with van der Waals surface area (Å²) in [6.45, 7) is 0. The molecule has 1 fully saturated rings. The molecular formula is C12H14N4O4. The van der Waals surface area contributed by atoms with Crippen LogP contribution in [0.25, 0.3) is 0 Å². The Morgan fingerprint density at radius 3 is 2.10 bits per heavy atom. The van der Waals surface area contributed by atoms with Crippen LogP contribution in [-0.2, 0) is 0 Å². The van der Waals surface area contributed by atoms with Crippen LogP contribution in [0.3, 0.4) is 0 Å². The van der Waals surface area contributed by atoms with Crippen molar-refractivity contribution in [2.45, 2.75) is 32.1 Å². The zero-order chi connectivity index (χ0) is 14.5. The molecule has 8 nitrogen and oxygen atoms in total. The Labute approximate surface area is 115 Å². The molecule has 0 atom stereocenters. The normalized spacial score (nSPS) is 14.7. The van der Waals surface area contributed by atoms with Crippen LogP contribution in [0.5, 0.6) is 0 Å². The summed E-state index contributed by atoms with van der Waals surface area (Å²) in [6.07, 6.45) is 4.62. The van der Waals surface area contributed by atoms with Gasteiger partial charge in [-0.15, -0.1) is 0 Å². The van der Waals surface area contributed by atoms with E-state index in [4.69, 9.17) is 0 Å². The molecule has 0 spiro atoms. The standard InChI is InChI=1S/C12H14N4O4/c17-15(18)12-8-6-11(7-9-12)14(16(19)20)13-10-4-2-1-3-5-10/h6-9H,1-5H2. The predicted molar refractivity (Wildman–Crippen MR) is 73.1 cm³/mol. The molecule has 0 N–H and O–H groups in total. The summed E-state index contributed by atoms with van der Waals surface area (Å²) in [7, 11) is 0. The average molecular weight is 278 g/mol. The quantitative estimate of drug-likeness (QED) is 0.622. The molecule has 0 bridgehead atoms. The van der Waals surface area contributed by atoms with Crippen molar-refractivity contribution in [3.8, 4) is 0 Å². The maximum absolute atomic E-state index is 11.1. The SMILES string of the molecule is O=[N+]([O-])c1ccc(N(N=C2CCCCC2)[N+](=O)[O-])cc1. The Hall–Kier alpha value is -2.51. The minimum Gasteiger partial charge on any atom is -0.339 e. The molecule has 0 radical (unpaired) electrons. The third-order valence-electron chi connectivity index (χ3n) is 3.11. The lowest BCUT2D eigenvalue weighted by atomic mass is 9.99. The fourth-order valence-corrected chi connectivity index (χ4v) is 2.09.